The Labute approximate surface area is 105 Å². The van der Waals surface area contributed by atoms with E-state index in [2.05, 4.69) is 46.8 Å². The Morgan fingerprint density at radius 1 is 1.24 bits per heavy atom. The second-order valence-electron chi connectivity index (χ2n) is 3.04. The molecule has 0 aliphatic carbocycles. The van der Waals surface area contributed by atoms with E-state index in [0.717, 1.165) is 0 Å². The van der Waals surface area contributed by atoms with Gasteiger partial charge in [0, 0.05) is 13.0 Å². The number of nitrogen functional groups attached to an aromatic ring is 1. The first kappa shape index (κ1) is 11.7. The maximum Gasteiger partial charge on any atom is 0.228 e. The zero-order valence-electron chi connectivity index (χ0n) is 8.72. The van der Waals surface area contributed by atoms with Crippen LogP contribution in [0.4, 0.5) is 11.6 Å². The highest BCUT2D eigenvalue weighted by molar-refractivity contribution is 9.10. The fourth-order valence-corrected chi connectivity index (χ4v) is 1.65. The molecule has 4 N–H and O–H groups in total. The van der Waals surface area contributed by atoms with Crippen molar-refractivity contribution in [1.29, 1.82) is 0 Å². The summed E-state index contributed by atoms with van der Waals surface area (Å²) in [4.78, 5) is 11.9. The van der Waals surface area contributed by atoms with Gasteiger partial charge in [0.2, 0.25) is 5.89 Å². The van der Waals surface area contributed by atoms with E-state index >= 15 is 0 Å². The number of hydrogen-bond donors (Lipinski definition) is 3. The van der Waals surface area contributed by atoms with Crippen LogP contribution in [0.5, 0.6) is 0 Å². The Hall–Kier alpha value is -1.74. The summed E-state index contributed by atoms with van der Waals surface area (Å²) < 4.78 is 5.54. The number of halogens is 1. The van der Waals surface area contributed by atoms with Gasteiger partial charge in [-0.1, -0.05) is 5.16 Å². The fourth-order valence-electron chi connectivity index (χ4n) is 1.19. The van der Waals surface area contributed by atoms with Gasteiger partial charge in [0.1, 0.15) is 16.6 Å². The summed E-state index contributed by atoms with van der Waals surface area (Å²) in [6, 6.07) is 0. The van der Waals surface area contributed by atoms with Gasteiger partial charge < -0.3 is 15.3 Å². The van der Waals surface area contributed by atoms with Crippen LogP contribution in [-0.4, -0.2) is 26.7 Å². The molecule has 2 heterocycles. The second kappa shape index (κ2) is 5.55. The Balaban J connectivity index is 1.95. The number of anilines is 2. The largest absolute Gasteiger partial charge is 0.368 e. The monoisotopic (exact) mass is 299 g/mol. The fraction of sp³-hybridized carbons (Fsp3) is 0.250. The average Bonchev–Trinajstić information content (AvgIpc) is 2.84. The van der Waals surface area contributed by atoms with Crippen LogP contribution in [0.15, 0.2) is 21.7 Å². The molecule has 0 amide bonds. The molecule has 0 saturated carbocycles. The number of nitrogens with two attached hydrogens (primary N) is 1. The number of rotatable bonds is 5. The van der Waals surface area contributed by atoms with Gasteiger partial charge in [0.15, 0.2) is 12.1 Å². The smallest absolute Gasteiger partial charge is 0.228 e. The van der Waals surface area contributed by atoms with Crippen LogP contribution in [-0.2, 0) is 6.42 Å². The van der Waals surface area contributed by atoms with Crippen LogP contribution in [0.3, 0.4) is 0 Å². The van der Waals surface area contributed by atoms with Crippen molar-refractivity contribution in [2.45, 2.75) is 6.42 Å². The first-order valence-corrected chi connectivity index (χ1v) is 5.57. The second-order valence-corrected chi connectivity index (χ2v) is 3.83. The lowest BCUT2D eigenvalue weighted by atomic mass is 10.4. The Bertz CT molecular complexity index is 475. The predicted octanol–water partition coefficient (Wildman–Crippen LogP) is 0.562. The van der Waals surface area contributed by atoms with Gasteiger partial charge in [-0.3, -0.25) is 0 Å². The zero-order valence-corrected chi connectivity index (χ0v) is 10.3. The molecule has 90 valence electrons. The molecule has 0 saturated heterocycles. The molecule has 0 aromatic carbocycles. The molecule has 8 nitrogen and oxygen atoms in total. The third kappa shape index (κ3) is 2.88. The minimum atomic E-state index is 0.514. The third-order valence-electron chi connectivity index (χ3n) is 1.96. The number of nitrogens with one attached hydrogen (secondary N) is 2. The number of nitrogens with zero attached hydrogens (tertiary/aromatic N) is 4. The summed E-state index contributed by atoms with van der Waals surface area (Å²) in [5, 5.41) is 6.62. The molecule has 17 heavy (non-hydrogen) atoms. The lowest BCUT2D eigenvalue weighted by Gasteiger charge is -2.08. The van der Waals surface area contributed by atoms with E-state index in [0.29, 0.717) is 35.0 Å². The van der Waals surface area contributed by atoms with E-state index in [-0.39, 0.29) is 0 Å². The van der Waals surface area contributed by atoms with E-state index in [1.807, 2.05) is 0 Å². The van der Waals surface area contributed by atoms with Gasteiger partial charge in [0.25, 0.3) is 0 Å². The molecule has 0 bridgehead atoms. The van der Waals surface area contributed by atoms with E-state index in [9.17, 15) is 0 Å². The predicted molar refractivity (Wildman–Crippen MR) is 64.0 cm³/mol. The van der Waals surface area contributed by atoms with Crippen molar-refractivity contribution >= 4 is 27.6 Å². The summed E-state index contributed by atoms with van der Waals surface area (Å²) in [5.74, 6) is 7.02. The highest BCUT2D eigenvalue weighted by Gasteiger charge is 2.07. The molecule has 0 aliphatic rings. The van der Waals surface area contributed by atoms with Gasteiger partial charge in [-0.15, -0.1) is 0 Å². The number of hydrogen-bond acceptors (Lipinski definition) is 8. The highest BCUT2D eigenvalue weighted by atomic mass is 79.9. The van der Waals surface area contributed by atoms with E-state index in [1.165, 1.54) is 12.7 Å². The normalized spacial score (nSPS) is 10.2. The molecule has 0 spiro atoms. The molecule has 0 aliphatic heterocycles. The Morgan fingerprint density at radius 2 is 2.06 bits per heavy atom. The van der Waals surface area contributed by atoms with Gasteiger partial charge in [-0.05, 0) is 15.9 Å². The standard InChI is InChI=1S/C8H10BrN7O/c9-6-7(13-3-14-8(6)16-10)11-2-1-5-12-4-15-17-5/h3-4H,1-2,10H2,(H2,11,13,14,16). The zero-order chi connectivity index (χ0) is 12.1. The van der Waals surface area contributed by atoms with Crippen molar-refractivity contribution < 1.29 is 4.52 Å². The summed E-state index contributed by atoms with van der Waals surface area (Å²) in [6.45, 7) is 0.613. The summed E-state index contributed by atoms with van der Waals surface area (Å²) in [6.07, 6.45) is 3.39. The molecule has 0 atom stereocenters. The van der Waals surface area contributed by atoms with Gasteiger partial charge in [0.05, 0.1) is 0 Å². The van der Waals surface area contributed by atoms with Crippen LogP contribution in [0.25, 0.3) is 0 Å². The minimum absolute atomic E-state index is 0.514. The molecule has 0 unspecified atom stereocenters. The molecular formula is C8H10BrN7O. The van der Waals surface area contributed by atoms with Crippen LogP contribution < -0.4 is 16.6 Å². The number of hydrazine groups is 1. The highest BCUT2D eigenvalue weighted by Crippen LogP contribution is 2.25. The lowest BCUT2D eigenvalue weighted by Crippen LogP contribution is -2.12. The van der Waals surface area contributed by atoms with Gasteiger partial charge in [-0.25, -0.2) is 15.8 Å². The molecule has 2 rings (SSSR count). The first-order chi connectivity index (χ1) is 8.31. The Morgan fingerprint density at radius 3 is 2.76 bits per heavy atom. The van der Waals surface area contributed by atoms with E-state index in [4.69, 9.17) is 10.4 Å². The summed E-state index contributed by atoms with van der Waals surface area (Å²) in [7, 11) is 0. The maximum atomic E-state index is 5.29. The van der Waals surface area contributed by atoms with Gasteiger partial charge >= 0.3 is 0 Å². The Kier molecular flexibility index (Phi) is 3.83. The van der Waals surface area contributed by atoms with Crippen molar-refractivity contribution in [3.05, 3.63) is 23.0 Å². The number of aromatic nitrogens is 4. The van der Waals surface area contributed by atoms with Crippen molar-refractivity contribution in [1.82, 2.24) is 20.1 Å². The molecule has 9 heteroatoms. The molecular weight excluding hydrogens is 290 g/mol. The first-order valence-electron chi connectivity index (χ1n) is 4.78. The molecule has 2 aromatic rings. The average molecular weight is 300 g/mol. The summed E-state index contributed by atoms with van der Waals surface area (Å²) >= 11 is 3.34. The van der Waals surface area contributed by atoms with Crippen LogP contribution in [0.1, 0.15) is 5.89 Å². The van der Waals surface area contributed by atoms with Crippen molar-refractivity contribution in [2.24, 2.45) is 5.84 Å². The van der Waals surface area contributed by atoms with Gasteiger partial charge in [-0.2, -0.15) is 4.98 Å². The van der Waals surface area contributed by atoms with E-state index < -0.39 is 0 Å². The quantitative estimate of drug-likeness (QED) is 0.542. The van der Waals surface area contributed by atoms with Crippen molar-refractivity contribution in [3.8, 4) is 0 Å². The third-order valence-corrected chi connectivity index (χ3v) is 2.72. The summed E-state index contributed by atoms with van der Waals surface area (Å²) in [5.41, 5.74) is 2.46. The molecule has 2 aromatic heterocycles. The lowest BCUT2D eigenvalue weighted by molar-refractivity contribution is 0.379. The topological polar surface area (TPSA) is 115 Å². The maximum absolute atomic E-state index is 5.29. The SMILES string of the molecule is NNc1ncnc(NCCc2ncno2)c1Br. The van der Waals surface area contributed by atoms with Crippen molar-refractivity contribution in [3.63, 3.8) is 0 Å². The van der Waals surface area contributed by atoms with E-state index in [1.54, 1.807) is 0 Å². The minimum Gasteiger partial charge on any atom is -0.368 e. The molecule has 0 fully saturated rings. The van der Waals surface area contributed by atoms with Crippen LogP contribution >= 0.6 is 15.9 Å². The van der Waals surface area contributed by atoms with Crippen molar-refractivity contribution in [2.75, 3.05) is 17.3 Å². The molecule has 0 radical (unpaired) electrons. The van der Waals surface area contributed by atoms with Crippen LogP contribution in [0, 0.1) is 0 Å². The van der Waals surface area contributed by atoms with Crippen LogP contribution in [0.2, 0.25) is 0 Å².